The Morgan fingerprint density at radius 2 is 1.71 bits per heavy atom. The molecule has 0 aromatic carbocycles. The highest BCUT2D eigenvalue weighted by atomic mass is 15.2. The molecule has 0 aromatic heterocycles. The van der Waals surface area contributed by atoms with Gasteiger partial charge in [0, 0.05) is 19.6 Å². The van der Waals surface area contributed by atoms with Crippen LogP contribution in [0.1, 0.15) is 53.4 Å². The number of unbranched alkanes of at least 4 members (excludes halogenated alkanes) is 2. The maximum absolute atomic E-state index is 4.58. The van der Waals surface area contributed by atoms with E-state index < -0.39 is 0 Å². The van der Waals surface area contributed by atoms with Crippen molar-refractivity contribution in [2.45, 2.75) is 53.4 Å². The first kappa shape index (κ1) is 13.5. The van der Waals surface area contributed by atoms with Crippen LogP contribution < -0.4 is 0 Å². The van der Waals surface area contributed by atoms with Crippen molar-refractivity contribution in [2.75, 3.05) is 19.6 Å². The van der Waals surface area contributed by atoms with Gasteiger partial charge in [0.2, 0.25) is 0 Å². The Morgan fingerprint density at radius 3 is 2.21 bits per heavy atom. The van der Waals surface area contributed by atoms with Gasteiger partial charge in [0.1, 0.15) is 0 Å². The summed E-state index contributed by atoms with van der Waals surface area (Å²) >= 11 is 0. The first-order valence-electron chi connectivity index (χ1n) is 6.02. The smallest absolute Gasteiger partial charge is 0.0957 e. The molecule has 2 nitrogen and oxygen atoms in total. The summed E-state index contributed by atoms with van der Waals surface area (Å²) in [5, 5.41) is 0. The Hall–Kier alpha value is -0.530. The van der Waals surface area contributed by atoms with Gasteiger partial charge in [-0.3, -0.25) is 4.99 Å². The van der Waals surface area contributed by atoms with Crippen LogP contribution >= 0.6 is 0 Å². The number of hydrogen-bond donors (Lipinski definition) is 0. The summed E-state index contributed by atoms with van der Waals surface area (Å²) in [6, 6.07) is 0. The van der Waals surface area contributed by atoms with Crippen molar-refractivity contribution < 1.29 is 0 Å². The molecule has 0 aliphatic rings. The van der Waals surface area contributed by atoms with Crippen molar-refractivity contribution in [1.29, 1.82) is 0 Å². The normalized spacial score (nSPS) is 11.9. The predicted octanol–water partition coefficient (Wildman–Crippen LogP) is 3.33. The van der Waals surface area contributed by atoms with Gasteiger partial charge in [0.15, 0.2) is 0 Å². The minimum absolute atomic E-state index is 0.991. The molecular formula is C12H26N2. The fraction of sp³-hybridized carbons (Fsp3) is 0.917. The average molecular weight is 198 g/mol. The number of amidine groups is 1. The molecule has 0 atom stereocenters. The van der Waals surface area contributed by atoms with Gasteiger partial charge in [-0.15, -0.1) is 0 Å². The topological polar surface area (TPSA) is 15.6 Å². The van der Waals surface area contributed by atoms with Crippen molar-refractivity contribution in [1.82, 2.24) is 4.90 Å². The Labute approximate surface area is 89.4 Å². The van der Waals surface area contributed by atoms with Gasteiger partial charge in [-0.1, -0.05) is 26.7 Å². The molecule has 0 unspecified atom stereocenters. The summed E-state index contributed by atoms with van der Waals surface area (Å²) in [5.41, 5.74) is 0. The van der Waals surface area contributed by atoms with Crippen molar-refractivity contribution in [3.8, 4) is 0 Å². The van der Waals surface area contributed by atoms with Crippen molar-refractivity contribution >= 4 is 5.84 Å². The molecule has 0 aromatic rings. The zero-order valence-electron chi connectivity index (χ0n) is 10.3. The number of hydrogen-bond acceptors (Lipinski definition) is 1. The molecule has 0 fully saturated rings. The molecule has 0 amide bonds. The second-order valence-electron chi connectivity index (χ2n) is 3.72. The molecule has 2 heteroatoms. The van der Waals surface area contributed by atoms with Crippen molar-refractivity contribution in [2.24, 2.45) is 4.99 Å². The Morgan fingerprint density at radius 1 is 1.07 bits per heavy atom. The van der Waals surface area contributed by atoms with E-state index in [9.17, 15) is 0 Å². The zero-order valence-corrected chi connectivity index (χ0v) is 10.3. The van der Waals surface area contributed by atoms with E-state index in [-0.39, 0.29) is 0 Å². The summed E-state index contributed by atoms with van der Waals surface area (Å²) in [5.74, 6) is 1.22. The fourth-order valence-electron chi connectivity index (χ4n) is 1.40. The van der Waals surface area contributed by atoms with Crippen LogP contribution in [0.25, 0.3) is 0 Å². The molecule has 0 saturated carbocycles. The third kappa shape index (κ3) is 6.01. The lowest BCUT2D eigenvalue weighted by Gasteiger charge is -2.22. The van der Waals surface area contributed by atoms with Crippen LogP contribution in [0.3, 0.4) is 0 Å². The monoisotopic (exact) mass is 198 g/mol. The standard InChI is InChI=1S/C12H26N2/c1-5-8-10-13-12(4)14(7-3)11-9-6-2/h5-11H2,1-4H3. The molecule has 0 radical (unpaired) electrons. The Kier molecular flexibility index (Phi) is 8.70. The predicted molar refractivity (Wildman–Crippen MR) is 65.0 cm³/mol. The highest BCUT2D eigenvalue weighted by Crippen LogP contribution is 1.98. The minimum atomic E-state index is 0.991. The van der Waals surface area contributed by atoms with Crippen LogP contribution in [0, 0.1) is 0 Å². The summed E-state index contributed by atoms with van der Waals surface area (Å²) in [6.45, 7) is 12.0. The van der Waals surface area contributed by atoms with E-state index >= 15 is 0 Å². The summed E-state index contributed by atoms with van der Waals surface area (Å²) in [7, 11) is 0. The van der Waals surface area contributed by atoms with E-state index in [1.54, 1.807) is 0 Å². The van der Waals surface area contributed by atoms with Gasteiger partial charge >= 0.3 is 0 Å². The van der Waals surface area contributed by atoms with E-state index in [1.165, 1.54) is 31.5 Å². The Balaban J connectivity index is 3.88. The maximum atomic E-state index is 4.58. The third-order valence-electron chi connectivity index (χ3n) is 2.47. The highest BCUT2D eigenvalue weighted by molar-refractivity contribution is 5.79. The van der Waals surface area contributed by atoms with E-state index in [2.05, 4.69) is 37.6 Å². The molecule has 0 bridgehead atoms. The van der Waals surface area contributed by atoms with E-state index in [0.29, 0.717) is 0 Å². The van der Waals surface area contributed by atoms with Crippen LogP contribution in [0.15, 0.2) is 4.99 Å². The van der Waals surface area contributed by atoms with Crippen molar-refractivity contribution in [3.63, 3.8) is 0 Å². The SMILES string of the molecule is CCCCN=C(C)N(CC)CCCC. The highest BCUT2D eigenvalue weighted by Gasteiger charge is 2.02. The molecule has 0 saturated heterocycles. The van der Waals surface area contributed by atoms with Gasteiger partial charge < -0.3 is 4.90 Å². The summed E-state index contributed by atoms with van der Waals surface area (Å²) in [4.78, 5) is 6.95. The second kappa shape index (κ2) is 9.04. The fourth-order valence-corrected chi connectivity index (χ4v) is 1.40. The molecule has 0 N–H and O–H groups in total. The molecule has 0 rings (SSSR count). The van der Waals surface area contributed by atoms with E-state index in [1.807, 2.05) is 0 Å². The van der Waals surface area contributed by atoms with Crippen LogP contribution in [-0.4, -0.2) is 30.4 Å². The lowest BCUT2D eigenvalue weighted by molar-refractivity contribution is 0.424. The quantitative estimate of drug-likeness (QED) is 0.348. The lowest BCUT2D eigenvalue weighted by atomic mass is 10.3. The molecular weight excluding hydrogens is 172 g/mol. The third-order valence-corrected chi connectivity index (χ3v) is 2.47. The molecule has 84 valence electrons. The number of aliphatic imine (C=N–C) groups is 1. The van der Waals surface area contributed by atoms with Crippen LogP contribution in [0.4, 0.5) is 0 Å². The van der Waals surface area contributed by atoms with Crippen molar-refractivity contribution in [3.05, 3.63) is 0 Å². The zero-order chi connectivity index (χ0) is 10.8. The minimum Gasteiger partial charge on any atom is -0.361 e. The first-order valence-corrected chi connectivity index (χ1v) is 6.02. The van der Waals surface area contributed by atoms with Gasteiger partial charge in [-0.05, 0) is 26.7 Å². The average Bonchev–Trinajstić information content (AvgIpc) is 2.19. The molecule has 0 heterocycles. The van der Waals surface area contributed by atoms with E-state index in [0.717, 1.165) is 19.6 Å². The largest absolute Gasteiger partial charge is 0.361 e. The molecule has 0 aliphatic heterocycles. The summed E-state index contributed by atoms with van der Waals surface area (Å²) in [6.07, 6.45) is 4.98. The number of nitrogens with zero attached hydrogens (tertiary/aromatic N) is 2. The summed E-state index contributed by atoms with van der Waals surface area (Å²) < 4.78 is 0. The van der Waals surface area contributed by atoms with Gasteiger partial charge in [0.25, 0.3) is 0 Å². The Bertz CT molecular complexity index is 152. The van der Waals surface area contributed by atoms with Crippen LogP contribution in [0.5, 0.6) is 0 Å². The lowest BCUT2D eigenvalue weighted by Crippen LogP contribution is -2.29. The van der Waals surface area contributed by atoms with Gasteiger partial charge in [-0.25, -0.2) is 0 Å². The van der Waals surface area contributed by atoms with Gasteiger partial charge in [0.05, 0.1) is 5.84 Å². The number of rotatable bonds is 7. The first-order chi connectivity index (χ1) is 6.76. The van der Waals surface area contributed by atoms with Crippen LogP contribution in [-0.2, 0) is 0 Å². The maximum Gasteiger partial charge on any atom is 0.0957 e. The second-order valence-corrected chi connectivity index (χ2v) is 3.72. The van der Waals surface area contributed by atoms with E-state index in [4.69, 9.17) is 0 Å². The van der Waals surface area contributed by atoms with Gasteiger partial charge in [-0.2, -0.15) is 0 Å². The van der Waals surface area contributed by atoms with Crippen LogP contribution in [0.2, 0.25) is 0 Å². The molecule has 0 spiro atoms. The molecule has 0 aliphatic carbocycles. The molecule has 14 heavy (non-hydrogen) atoms.